The minimum absolute atomic E-state index is 0.0935. The van der Waals surface area contributed by atoms with E-state index in [0.29, 0.717) is 5.56 Å². The van der Waals surface area contributed by atoms with Gasteiger partial charge in [-0.15, -0.1) is 0 Å². The maximum atomic E-state index is 13.8. The lowest BCUT2D eigenvalue weighted by Crippen LogP contribution is -2.29. The number of halogens is 1. The van der Waals surface area contributed by atoms with E-state index >= 15 is 0 Å². The van der Waals surface area contributed by atoms with Gasteiger partial charge in [0.15, 0.2) is 0 Å². The molecule has 0 bridgehead atoms. The number of aryl methyl sites for hydroxylation is 1. The van der Waals surface area contributed by atoms with Crippen molar-refractivity contribution in [3.8, 4) is 0 Å². The van der Waals surface area contributed by atoms with Crippen molar-refractivity contribution in [1.29, 1.82) is 0 Å². The quantitative estimate of drug-likeness (QED) is 0.722. The third kappa shape index (κ3) is 1.78. The Morgan fingerprint density at radius 3 is 2.69 bits per heavy atom. The van der Waals surface area contributed by atoms with Crippen LogP contribution in [0, 0.1) is 6.92 Å². The van der Waals surface area contributed by atoms with Crippen molar-refractivity contribution in [3.63, 3.8) is 0 Å². The number of nitrogen functional groups attached to an aromatic ring is 1. The van der Waals surface area contributed by atoms with E-state index in [4.69, 9.17) is 11.5 Å². The summed E-state index contributed by atoms with van der Waals surface area (Å²) in [6.45, 7) is 3.11. The third-order valence-corrected chi connectivity index (χ3v) is 2.09. The van der Waals surface area contributed by atoms with Crippen molar-refractivity contribution in [2.45, 2.75) is 19.5 Å². The molecule has 13 heavy (non-hydrogen) atoms. The fraction of sp³-hybridized carbons (Fsp3) is 0.444. The Labute approximate surface area is 77.0 Å². The van der Waals surface area contributed by atoms with Crippen LogP contribution in [0.25, 0.3) is 0 Å². The predicted molar refractivity (Wildman–Crippen MR) is 50.9 cm³/mol. The number of aromatic nitrogens is 1. The lowest BCUT2D eigenvalue weighted by atomic mass is 9.94. The number of alkyl halides is 1. The van der Waals surface area contributed by atoms with Crippen LogP contribution in [0.5, 0.6) is 0 Å². The highest BCUT2D eigenvalue weighted by molar-refractivity contribution is 5.47. The summed E-state index contributed by atoms with van der Waals surface area (Å²) in [5, 5.41) is 0. The molecule has 1 aromatic heterocycles. The number of anilines is 1. The highest BCUT2D eigenvalue weighted by Gasteiger charge is 2.28. The minimum atomic E-state index is -1.59. The maximum absolute atomic E-state index is 13.8. The van der Waals surface area contributed by atoms with Crippen molar-refractivity contribution >= 4 is 5.82 Å². The van der Waals surface area contributed by atoms with Crippen LogP contribution in [0.15, 0.2) is 12.3 Å². The van der Waals surface area contributed by atoms with Crippen molar-refractivity contribution in [1.82, 2.24) is 4.98 Å². The van der Waals surface area contributed by atoms with Crippen LogP contribution in [-0.4, -0.2) is 11.5 Å². The summed E-state index contributed by atoms with van der Waals surface area (Å²) in [6.07, 6.45) is 1.56. The first-order chi connectivity index (χ1) is 5.99. The summed E-state index contributed by atoms with van der Waals surface area (Å²) in [6, 6.07) is 1.72. The van der Waals surface area contributed by atoms with Crippen LogP contribution in [0.1, 0.15) is 18.1 Å². The van der Waals surface area contributed by atoms with Gasteiger partial charge in [0.25, 0.3) is 0 Å². The Kier molecular flexibility index (Phi) is 2.52. The standard InChI is InChI=1S/C9H14FN3/c1-6-3-4-13-8(12)7(6)9(2,10)5-11/h3-4H,5,11H2,1-2H3,(H2,12,13). The smallest absolute Gasteiger partial charge is 0.149 e. The Bertz CT molecular complexity index is 289. The second-order valence-electron chi connectivity index (χ2n) is 3.29. The minimum Gasteiger partial charge on any atom is -0.383 e. The van der Waals surface area contributed by atoms with Crippen LogP contribution in [0.3, 0.4) is 0 Å². The molecule has 0 saturated heterocycles. The fourth-order valence-electron chi connectivity index (χ4n) is 1.36. The highest BCUT2D eigenvalue weighted by atomic mass is 19.1. The zero-order valence-corrected chi connectivity index (χ0v) is 7.84. The average Bonchev–Trinajstić information content (AvgIpc) is 2.03. The second kappa shape index (κ2) is 3.30. The van der Waals surface area contributed by atoms with E-state index in [1.54, 1.807) is 19.2 Å². The third-order valence-electron chi connectivity index (χ3n) is 2.09. The van der Waals surface area contributed by atoms with Crippen LogP contribution in [-0.2, 0) is 5.67 Å². The van der Waals surface area contributed by atoms with E-state index in [1.165, 1.54) is 6.92 Å². The Morgan fingerprint density at radius 1 is 1.62 bits per heavy atom. The molecule has 0 aliphatic heterocycles. The van der Waals surface area contributed by atoms with Crippen LogP contribution >= 0.6 is 0 Å². The first-order valence-electron chi connectivity index (χ1n) is 4.09. The average molecular weight is 183 g/mol. The number of nitrogens with zero attached hydrogens (tertiary/aromatic N) is 1. The molecule has 0 amide bonds. The van der Waals surface area contributed by atoms with E-state index in [1.807, 2.05) is 0 Å². The summed E-state index contributed by atoms with van der Waals surface area (Å²) in [5.41, 5.74) is 10.5. The normalized spacial score (nSPS) is 15.4. The summed E-state index contributed by atoms with van der Waals surface area (Å²) in [4.78, 5) is 3.84. The van der Waals surface area contributed by atoms with E-state index in [0.717, 1.165) is 5.56 Å². The molecule has 1 heterocycles. The van der Waals surface area contributed by atoms with Crippen LogP contribution in [0.4, 0.5) is 10.2 Å². The molecule has 1 atom stereocenters. The number of pyridine rings is 1. The van der Waals surface area contributed by atoms with Crippen molar-refractivity contribution in [2.75, 3.05) is 12.3 Å². The Morgan fingerprint density at radius 2 is 2.23 bits per heavy atom. The largest absolute Gasteiger partial charge is 0.383 e. The molecule has 72 valence electrons. The van der Waals surface area contributed by atoms with E-state index in [9.17, 15) is 4.39 Å². The molecule has 0 radical (unpaired) electrons. The SMILES string of the molecule is Cc1ccnc(N)c1C(C)(F)CN. The van der Waals surface area contributed by atoms with Crippen molar-refractivity contribution in [3.05, 3.63) is 23.4 Å². The van der Waals surface area contributed by atoms with Gasteiger partial charge in [0, 0.05) is 18.3 Å². The van der Waals surface area contributed by atoms with Gasteiger partial charge < -0.3 is 11.5 Å². The lowest BCUT2D eigenvalue weighted by Gasteiger charge is -2.21. The van der Waals surface area contributed by atoms with E-state index < -0.39 is 5.67 Å². The molecule has 1 rings (SSSR count). The molecule has 3 nitrogen and oxygen atoms in total. The van der Waals surface area contributed by atoms with Gasteiger partial charge in [-0.05, 0) is 25.5 Å². The van der Waals surface area contributed by atoms with Gasteiger partial charge in [0.05, 0.1) is 0 Å². The van der Waals surface area contributed by atoms with Gasteiger partial charge in [0.1, 0.15) is 11.5 Å². The lowest BCUT2D eigenvalue weighted by molar-refractivity contribution is 0.203. The number of hydrogen-bond acceptors (Lipinski definition) is 3. The molecule has 0 spiro atoms. The molecule has 0 aliphatic carbocycles. The zero-order chi connectivity index (χ0) is 10.1. The van der Waals surface area contributed by atoms with Gasteiger partial charge >= 0.3 is 0 Å². The molecule has 0 aromatic carbocycles. The molecule has 1 unspecified atom stereocenters. The van der Waals surface area contributed by atoms with E-state index in [-0.39, 0.29) is 12.4 Å². The molecular formula is C9H14FN3. The number of rotatable bonds is 2. The highest BCUT2D eigenvalue weighted by Crippen LogP contribution is 2.30. The first-order valence-corrected chi connectivity index (χ1v) is 4.09. The van der Waals surface area contributed by atoms with Gasteiger partial charge in [0.2, 0.25) is 0 Å². The molecule has 0 aliphatic rings. The van der Waals surface area contributed by atoms with E-state index in [2.05, 4.69) is 4.98 Å². The summed E-state index contributed by atoms with van der Waals surface area (Å²) in [5.74, 6) is 0.218. The molecule has 1 aromatic rings. The predicted octanol–water partition coefficient (Wildman–Crippen LogP) is 1.12. The van der Waals surface area contributed by atoms with Gasteiger partial charge in [-0.3, -0.25) is 0 Å². The summed E-state index contributed by atoms with van der Waals surface area (Å²) in [7, 11) is 0. The molecule has 0 fully saturated rings. The molecule has 0 saturated carbocycles. The number of nitrogens with two attached hydrogens (primary N) is 2. The Balaban J connectivity index is 3.28. The maximum Gasteiger partial charge on any atom is 0.149 e. The monoisotopic (exact) mass is 183 g/mol. The van der Waals surface area contributed by atoms with Crippen LogP contribution in [0.2, 0.25) is 0 Å². The number of hydrogen-bond donors (Lipinski definition) is 2. The van der Waals surface area contributed by atoms with Gasteiger partial charge in [-0.1, -0.05) is 0 Å². The first kappa shape index (κ1) is 9.92. The fourth-order valence-corrected chi connectivity index (χ4v) is 1.36. The van der Waals surface area contributed by atoms with Crippen LogP contribution < -0.4 is 11.5 Å². The summed E-state index contributed by atoms with van der Waals surface area (Å²) >= 11 is 0. The van der Waals surface area contributed by atoms with Crippen molar-refractivity contribution in [2.24, 2.45) is 5.73 Å². The Hall–Kier alpha value is -1.16. The van der Waals surface area contributed by atoms with Gasteiger partial charge in [-0.2, -0.15) is 0 Å². The molecular weight excluding hydrogens is 169 g/mol. The zero-order valence-electron chi connectivity index (χ0n) is 7.84. The van der Waals surface area contributed by atoms with Gasteiger partial charge in [-0.25, -0.2) is 9.37 Å². The molecule has 4 N–H and O–H groups in total. The summed E-state index contributed by atoms with van der Waals surface area (Å²) < 4.78 is 13.8. The van der Waals surface area contributed by atoms with Crippen molar-refractivity contribution < 1.29 is 4.39 Å². The molecule has 4 heteroatoms. The second-order valence-corrected chi connectivity index (χ2v) is 3.29. The topological polar surface area (TPSA) is 64.9 Å².